The largest absolute Gasteiger partial charge is 0.468 e. The number of aromatic nitrogens is 4. The summed E-state index contributed by atoms with van der Waals surface area (Å²) in [5.74, 6) is 0.819. The number of alkyl halides is 3. The number of hydrogen-bond acceptors (Lipinski definition) is 6. The summed E-state index contributed by atoms with van der Waals surface area (Å²) in [4.78, 5) is 3.85. The van der Waals surface area contributed by atoms with Crippen LogP contribution in [0, 0.1) is 0 Å². The van der Waals surface area contributed by atoms with Gasteiger partial charge in [-0.25, -0.2) is 4.98 Å². The maximum atomic E-state index is 12.1. The number of pyridine rings is 1. The number of hydrogen-bond donors (Lipinski definition) is 1. The molecule has 23 heavy (non-hydrogen) atoms. The van der Waals surface area contributed by atoms with E-state index in [4.69, 9.17) is 5.73 Å². The average Bonchev–Trinajstić information content (AvgIpc) is 2.84. The lowest BCUT2D eigenvalue weighted by atomic mass is 10.3. The zero-order valence-electron chi connectivity index (χ0n) is 12.5. The standard InChI is InChI=1S/C13H16F3N5OS/c1-8(2)21-11(17)19-20-12(21)23-6-9-3-4-10(18-5-9)22-7-13(14,15)16/h3-5,8H,6-7H2,1-2H3,(H2,17,19). The summed E-state index contributed by atoms with van der Waals surface area (Å²) in [7, 11) is 0. The Kier molecular flexibility index (Phi) is 5.34. The van der Waals surface area contributed by atoms with E-state index in [2.05, 4.69) is 19.9 Å². The van der Waals surface area contributed by atoms with E-state index in [0.29, 0.717) is 16.9 Å². The molecule has 0 radical (unpaired) electrons. The fourth-order valence-corrected chi connectivity index (χ4v) is 2.77. The van der Waals surface area contributed by atoms with Gasteiger partial charge in [-0.2, -0.15) is 13.2 Å². The van der Waals surface area contributed by atoms with Crippen molar-refractivity contribution in [1.82, 2.24) is 19.7 Å². The number of rotatable bonds is 6. The molecule has 0 bridgehead atoms. The molecule has 2 heterocycles. The third-order valence-electron chi connectivity index (χ3n) is 2.76. The van der Waals surface area contributed by atoms with E-state index in [1.807, 2.05) is 13.8 Å². The highest BCUT2D eigenvalue weighted by atomic mass is 32.2. The maximum Gasteiger partial charge on any atom is 0.422 e. The predicted molar refractivity (Wildman–Crippen MR) is 80.2 cm³/mol. The van der Waals surface area contributed by atoms with Gasteiger partial charge in [0.1, 0.15) is 0 Å². The van der Waals surface area contributed by atoms with Gasteiger partial charge in [-0.05, 0) is 19.4 Å². The summed E-state index contributed by atoms with van der Waals surface area (Å²) in [5.41, 5.74) is 6.58. The SMILES string of the molecule is CC(C)n1c(N)nnc1SCc1ccc(OCC(F)(F)F)nc1. The lowest BCUT2D eigenvalue weighted by Gasteiger charge is -2.11. The first-order chi connectivity index (χ1) is 10.8. The molecule has 6 nitrogen and oxygen atoms in total. The minimum atomic E-state index is -4.38. The molecule has 2 aromatic rings. The Balaban J connectivity index is 1.94. The molecule has 0 spiro atoms. The number of ether oxygens (including phenoxy) is 1. The van der Waals surface area contributed by atoms with Crippen molar-refractivity contribution in [2.75, 3.05) is 12.3 Å². The van der Waals surface area contributed by atoms with Crippen LogP contribution in [0.25, 0.3) is 0 Å². The van der Waals surface area contributed by atoms with E-state index < -0.39 is 12.8 Å². The molecule has 126 valence electrons. The molecule has 0 fully saturated rings. The van der Waals surface area contributed by atoms with Crippen molar-refractivity contribution in [1.29, 1.82) is 0 Å². The number of nitrogens with two attached hydrogens (primary N) is 1. The van der Waals surface area contributed by atoms with Crippen molar-refractivity contribution in [2.45, 2.75) is 37.0 Å². The molecule has 10 heteroatoms. The van der Waals surface area contributed by atoms with Crippen molar-refractivity contribution >= 4 is 17.7 Å². The van der Waals surface area contributed by atoms with Crippen LogP contribution in [0.15, 0.2) is 23.5 Å². The Morgan fingerprint density at radius 3 is 2.61 bits per heavy atom. The summed E-state index contributed by atoms with van der Waals surface area (Å²) in [6.45, 7) is 2.58. The summed E-state index contributed by atoms with van der Waals surface area (Å²) in [5, 5.41) is 8.52. The predicted octanol–water partition coefficient (Wildman–Crippen LogP) is 3.07. The molecule has 0 atom stereocenters. The second-order valence-corrected chi connectivity index (χ2v) is 5.94. The zero-order valence-corrected chi connectivity index (χ0v) is 13.4. The first-order valence-corrected chi connectivity index (χ1v) is 7.72. The first kappa shape index (κ1) is 17.4. The Bertz CT molecular complexity index is 642. The quantitative estimate of drug-likeness (QED) is 0.809. The molecular formula is C13H16F3N5OS. The minimum absolute atomic E-state index is 0.0642. The molecule has 0 saturated heterocycles. The molecule has 0 aliphatic heterocycles. The van der Waals surface area contributed by atoms with Crippen molar-refractivity contribution in [3.8, 4) is 5.88 Å². The molecule has 0 aliphatic carbocycles. The highest BCUT2D eigenvalue weighted by Gasteiger charge is 2.28. The summed E-state index contributed by atoms with van der Waals surface area (Å²) < 4.78 is 42.5. The Hall–Kier alpha value is -1.97. The number of halogens is 3. The molecule has 0 amide bonds. The van der Waals surface area contributed by atoms with Crippen LogP contribution in [0.1, 0.15) is 25.5 Å². The van der Waals surface area contributed by atoms with Crippen LogP contribution < -0.4 is 10.5 Å². The fourth-order valence-electron chi connectivity index (χ4n) is 1.76. The maximum absolute atomic E-state index is 12.1. The van der Waals surface area contributed by atoms with E-state index in [0.717, 1.165) is 5.56 Å². The van der Waals surface area contributed by atoms with Gasteiger partial charge >= 0.3 is 6.18 Å². The number of anilines is 1. The van der Waals surface area contributed by atoms with Gasteiger partial charge in [-0.3, -0.25) is 4.57 Å². The number of thioether (sulfide) groups is 1. The molecule has 2 rings (SSSR count). The Labute approximate surface area is 135 Å². The van der Waals surface area contributed by atoms with Crippen LogP contribution in [0.4, 0.5) is 19.1 Å². The summed E-state index contributed by atoms with van der Waals surface area (Å²) in [6, 6.07) is 3.19. The van der Waals surface area contributed by atoms with Crippen molar-refractivity contribution < 1.29 is 17.9 Å². The normalized spacial score (nSPS) is 11.9. The van der Waals surface area contributed by atoms with E-state index in [-0.39, 0.29) is 11.9 Å². The van der Waals surface area contributed by atoms with E-state index in [1.54, 1.807) is 10.6 Å². The van der Waals surface area contributed by atoms with Gasteiger partial charge < -0.3 is 10.5 Å². The second-order valence-electron chi connectivity index (χ2n) is 5.00. The van der Waals surface area contributed by atoms with Crippen molar-refractivity contribution in [2.24, 2.45) is 0 Å². The van der Waals surface area contributed by atoms with Gasteiger partial charge in [-0.15, -0.1) is 10.2 Å². The third-order valence-corrected chi connectivity index (χ3v) is 3.77. The molecule has 2 N–H and O–H groups in total. The van der Waals surface area contributed by atoms with Crippen LogP contribution in [0.3, 0.4) is 0 Å². The van der Waals surface area contributed by atoms with Crippen LogP contribution in [-0.4, -0.2) is 32.5 Å². The molecular weight excluding hydrogens is 331 g/mol. The highest BCUT2D eigenvalue weighted by Crippen LogP contribution is 2.26. The zero-order chi connectivity index (χ0) is 17.0. The lowest BCUT2D eigenvalue weighted by molar-refractivity contribution is -0.154. The summed E-state index contributed by atoms with van der Waals surface area (Å²) in [6.07, 6.45) is -2.91. The minimum Gasteiger partial charge on any atom is -0.468 e. The van der Waals surface area contributed by atoms with Crippen molar-refractivity contribution in [3.63, 3.8) is 0 Å². The van der Waals surface area contributed by atoms with Gasteiger partial charge in [0.15, 0.2) is 11.8 Å². The average molecular weight is 347 g/mol. The lowest BCUT2D eigenvalue weighted by Crippen LogP contribution is -2.19. The van der Waals surface area contributed by atoms with Crippen LogP contribution in [-0.2, 0) is 5.75 Å². The monoisotopic (exact) mass is 347 g/mol. The molecule has 0 aliphatic rings. The van der Waals surface area contributed by atoms with Gasteiger partial charge in [-0.1, -0.05) is 17.8 Å². The van der Waals surface area contributed by atoms with Crippen molar-refractivity contribution in [3.05, 3.63) is 23.9 Å². The van der Waals surface area contributed by atoms with Crippen LogP contribution in [0.2, 0.25) is 0 Å². The van der Waals surface area contributed by atoms with Gasteiger partial charge in [0, 0.05) is 24.1 Å². The van der Waals surface area contributed by atoms with Gasteiger partial charge in [0.05, 0.1) is 0 Å². The Morgan fingerprint density at radius 2 is 2.04 bits per heavy atom. The molecule has 0 aromatic carbocycles. The van der Waals surface area contributed by atoms with Gasteiger partial charge in [0.25, 0.3) is 0 Å². The summed E-state index contributed by atoms with van der Waals surface area (Å²) >= 11 is 1.42. The highest BCUT2D eigenvalue weighted by molar-refractivity contribution is 7.98. The third kappa shape index (κ3) is 5.02. The van der Waals surface area contributed by atoms with Crippen LogP contribution >= 0.6 is 11.8 Å². The second kappa shape index (κ2) is 7.07. The number of nitrogens with zero attached hydrogens (tertiary/aromatic N) is 4. The van der Waals surface area contributed by atoms with Gasteiger partial charge in [0.2, 0.25) is 11.8 Å². The fraction of sp³-hybridized carbons (Fsp3) is 0.462. The molecule has 0 unspecified atom stereocenters. The molecule has 0 saturated carbocycles. The Morgan fingerprint density at radius 1 is 1.30 bits per heavy atom. The first-order valence-electron chi connectivity index (χ1n) is 6.74. The number of nitrogen functional groups attached to an aromatic ring is 1. The topological polar surface area (TPSA) is 78.9 Å². The van der Waals surface area contributed by atoms with Crippen LogP contribution in [0.5, 0.6) is 5.88 Å². The van der Waals surface area contributed by atoms with E-state index in [1.165, 1.54) is 24.0 Å². The smallest absolute Gasteiger partial charge is 0.422 e. The van der Waals surface area contributed by atoms with E-state index in [9.17, 15) is 13.2 Å². The molecule has 2 aromatic heterocycles. The van der Waals surface area contributed by atoms with E-state index >= 15 is 0 Å².